The van der Waals surface area contributed by atoms with E-state index in [1.807, 2.05) is 6.07 Å². The highest BCUT2D eigenvalue weighted by Crippen LogP contribution is 2.21. The van der Waals surface area contributed by atoms with E-state index < -0.39 is 0 Å². The Morgan fingerprint density at radius 3 is 3.10 bits per heavy atom. The third-order valence-corrected chi connectivity index (χ3v) is 3.99. The third-order valence-electron chi connectivity index (χ3n) is 3.99. The minimum absolute atomic E-state index is 0.709. The number of pyridine rings is 1. The molecule has 0 radical (unpaired) electrons. The molecule has 1 aliphatic heterocycles. The maximum absolute atomic E-state index is 5.04. The van der Waals surface area contributed by atoms with Crippen LogP contribution in [0.25, 0.3) is 0 Å². The van der Waals surface area contributed by atoms with Crippen molar-refractivity contribution in [3.63, 3.8) is 0 Å². The first kappa shape index (κ1) is 15.3. The third kappa shape index (κ3) is 5.10. The molecule has 0 aromatic carbocycles. The molecule has 0 saturated carbocycles. The number of hydrogen-bond acceptors (Lipinski definition) is 4. The lowest BCUT2D eigenvalue weighted by atomic mass is 9.95. The molecule has 4 heteroatoms. The van der Waals surface area contributed by atoms with Gasteiger partial charge in [0.05, 0.1) is 6.61 Å². The van der Waals surface area contributed by atoms with E-state index in [9.17, 15) is 0 Å². The zero-order valence-electron chi connectivity index (χ0n) is 12.8. The fourth-order valence-electron chi connectivity index (χ4n) is 2.78. The molecule has 4 nitrogen and oxygen atoms in total. The van der Waals surface area contributed by atoms with Gasteiger partial charge in [-0.2, -0.15) is 0 Å². The minimum atomic E-state index is 0.709. The summed E-state index contributed by atoms with van der Waals surface area (Å²) in [6.45, 7) is 3.97. The van der Waals surface area contributed by atoms with E-state index in [1.54, 1.807) is 7.11 Å². The van der Waals surface area contributed by atoms with Crippen molar-refractivity contribution in [1.82, 2.24) is 9.88 Å². The fourth-order valence-corrected chi connectivity index (χ4v) is 2.78. The van der Waals surface area contributed by atoms with Crippen LogP contribution in [0.2, 0.25) is 0 Å². The molecule has 1 atom stereocenters. The Kier molecular flexibility index (Phi) is 6.27. The zero-order valence-corrected chi connectivity index (χ0v) is 12.8. The van der Waals surface area contributed by atoms with Gasteiger partial charge in [-0.15, -0.1) is 0 Å². The SMILES string of the molecule is COCCNc1cccc(C[C@H]2CCCN(C)CC2)n1. The van der Waals surface area contributed by atoms with E-state index in [1.165, 1.54) is 38.0 Å². The molecular weight excluding hydrogens is 250 g/mol. The molecule has 0 spiro atoms. The standard InChI is InChI=1S/C16H27N3O/c1-19-10-4-5-14(8-11-19)13-15-6-3-7-16(18-15)17-9-12-20-2/h3,6-7,14H,4-5,8-13H2,1-2H3,(H,17,18)/t14-/m0/s1. The molecule has 0 aliphatic carbocycles. The molecule has 0 bridgehead atoms. The number of anilines is 1. The summed E-state index contributed by atoms with van der Waals surface area (Å²) in [5.41, 5.74) is 1.21. The van der Waals surface area contributed by atoms with Crippen LogP contribution in [-0.4, -0.2) is 50.3 Å². The van der Waals surface area contributed by atoms with Gasteiger partial charge in [0.25, 0.3) is 0 Å². The van der Waals surface area contributed by atoms with Gasteiger partial charge in [-0.25, -0.2) is 4.98 Å². The molecule has 0 unspecified atom stereocenters. The molecule has 1 N–H and O–H groups in total. The van der Waals surface area contributed by atoms with Crippen molar-refractivity contribution >= 4 is 5.82 Å². The highest BCUT2D eigenvalue weighted by molar-refractivity contribution is 5.35. The van der Waals surface area contributed by atoms with Crippen molar-refractivity contribution in [3.8, 4) is 0 Å². The number of methoxy groups -OCH3 is 1. The summed E-state index contributed by atoms with van der Waals surface area (Å²) in [6, 6.07) is 6.27. The lowest BCUT2D eigenvalue weighted by Crippen LogP contribution is -2.19. The number of ether oxygens (including phenoxy) is 1. The molecule has 2 rings (SSSR count). The summed E-state index contributed by atoms with van der Waals surface area (Å²) in [6.07, 6.45) is 5.04. The number of aromatic nitrogens is 1. The first-order valence-corrected chi connectivity index (χ1v) is 7.65. The first-order chi connectivity index (χ1) is 9.78. The maximum atomic E-state index is 5.04. The van der Waals surface area contributed by atoms with Gasteiger partial charge < -0.3 is 15.0 Å². The molecule has 2 heterocycles. The van der Waals surface area contributed by atoms with Gasteiger partial charge in [-0.3, -0.25) is 0 Å². The van der Waals surface area contributed by atoms with Gasteiger partial charge in [0.15, 0.2) is 0 Å². The molecular formula is C16H27N3O. The molecule has 112 valence electrons. The molecule has 1 aromatic heterocycles. The van der Waals surface area contributed by atoms with Crippen molar-refractivity contribution in [3.05, 3.63) is 23.9 Å². The van der Waals surface area contributed by atoms with Gasteiger partial charge in [-0.05, 0) is 63.9 Å². The average molecular weight is 277 g/mol. The Bertz CT molecular complexity index is 397. The Morgan fingerprint density at radius 2 is 2.25 bits per heavy atom. The Labute approximate surface area is 122 Å². The molecule has 1 fully saturated rings. The van der Waals surface area contributed by atoms with Crippen molar-refractivity contribution in [2.75, 3.05) is 45.7 Å². The van der Waals surface area contributed by atoms with E-state index in [2.05, 4.69) is 29.4 Å². The van der Waals surface area contributed by atoms with Crippen LogP contribution < -0.4 is 5.32 Å². The zero-order chi connectivity index (χ0) is 14.2. The Balaban J connectivity index is 1.86. The molecule has 1 saturated heterocycles. The van der Waals surface area contributed by atoms with Gasteiger partial charge in [0.2, 0.25) is 0 Å². The van der Waals surface area contributed by atoms with Crippen molar-refractivity contribution in [1.29, 1.82) is 0 Å². The van der Waals surface area contributed by atoms with Gasteiger partial charge >= 0.3 is 0 Å². The van der Waals surface area contributed by atoms with E-state index in [4.69, 9.17) is 9.72 Å². The maximum Gasteiger partial charge on any atom is 0.126 e. The first-order valence-electron chi connectivity index (χ1n) is 7.65. The summed E-state index contributed by atoms with van der Waals surface area (Å²) in [4.78, 5) is 7.15. The predicted molar refractivity (Wildman–Crippen MR) is 83.1 cm³/mol. The topological polar surface area (TPSA) is 37.4 Å². The number of rotatable bonds is 6. The van der Waals surface area contributed by atoms with Crippen LogP contribution in [0.1, 0.15) is 25.0 Å². The van der Waals surface area contributed by atoms with E-state index in [-0.39, 0.29) is 0 Å². The quantitative estimate of drug-likeness (QED) is 0.810. The number of nitrogens with zero attached hydrogens (tertiary/aromatic N) is 2. The predicted octanol–water partition coefficient (Wildman–Crippen LogP) is 2.41. The van der Waals surface area contributed by atoms with Crippen LogP contribution >= 0.6 is 0 Å². The molecule has 1 aromatic rings. The largest absolute Gasteiger partial charge is 0.383 e. The normalized spacial score (nSPS) is 20.6. The van der Waals surface area contributed by atoms with Gasteiger partial charge in [0, 0.05) is 19.3 Å². The van der Waals surface area contributed by atoms with Crippen molar-refractivity contribution < 1.29 is 4.74 Å². The van der Waals surface area contributed by atoms with E-state index >= 15 is 0 Å². The summed E-state index contributed by atoms with van der Waals surface area (Å²) < 4.78 is 5.04. The van der Waals surface area contributed by atoms with Crippen LogP contribution in [0.15, 0.2) is 18.2 Å². The number of nitrogens with one attached hydrogen (secondary N) is 1. The Hall–Kier alpha value is -1.13. The lowest BCUT2D eigenvalue weighted by Gasteiger charge is -2.15. The second kappa shape index (κ2) is 8.22. The van der Waals surface area contributed by atoms with Crippen LogP contribution in [0, 0.1) is 5.92 Å². The molecule has 0 amide bonds. The highest BCUT2D eigenvalue weighted by atomic mass is 16.5. The lowest BCUT2D eigenvalue weighted by molar-refractivity contribution is 0.210. The summed E-state index contributed by atoms with van der Waals surface area (Å²) in [5, 5.41) is 3.30. The van der Waals surface area contributed by atoms with E-state index in [0.717, 1.165) is 24.7 Å². The van der Waals surface area contributed by atoms with Crippen molar-refractivity contribution in [2.45, 2.75) is 25.7 Å². The van der Waals surface area contributed by atoms with Crippen LogP contribution in [0.3, 0.4) is 0 Å². The highest BCUT2D eigenvalue weighted by Gasteiger charge is 2.15. The monoisotopic (exact) mass is 277 g/mol. The summed E-state index contributed by atoms with van der Waals surface area (Å²) in [5.74, 6) is 1.74. The Morgan fingerprint density at radius 1 is 1.35 bits per heavy atom. The molecule has 20 heavy (non-hydrogen) atoms. The summed E-state index contributed by atoms with van der Waals surface area (Å²) >= 11 is 0. The average Bonchev–Trinajstić information content (AvgIpc) is 2.65. The summed E-state index contributed by atoms with van der Waals surface area (Å²) in [7, 11) is 3.94. The van der Waals surface area contributed by atoms with Gasteiger partial charge in [0.1, 0.15) is 5.82 Å². The molecule has 1 aliphatic rings. The van der Waals surface area contributed by atoms with Crippen LogP contribution in [-0.2, 0) is 11.2 Å². The minimum Gasteiger partial charge on any atom is -0.383 e. The second-order valence-electron chi connectivity index (χ2n) is 5.74. The number of likely N-dealkylation sites (tertiary alicyclic amines) is 1. The smallest absolute Gasteiger partial charge is 0.126 e. The fraction of sp³-hybridized carbons (Fsp3) is 0.688. The van der Waals surface area contributed by atoms with Crippen molar-refractivity contribution in [2.24, 2.45) is 5.92 Å². The number of hydrogen-bond donors (Lipinski definition) is 1. The van der Waals surface area contributed by atoms with Crippen LogP contribution in [0.4, 0.5) is 5.82 Å². The van der Waals surface area contributed by atoms with Gasteiger partial charge in [-0.1, -0.05) is 6.07 Å². The second-order valence-corrected chi connectivity index (χ2v) is 5.74. The van der Waals surface area contributed by atoms with Crippen LogP contribution in [0.5, 0.6) is 0 Å². The van der Waals surface area contributed by atoms with E-state index in [0.29, 0.717) is 6.61 Å².